The minimum absolute atomic E-state index is 0.00300. The maximum Gasteiger partial charge on any atom is 0.260 e. The molecule has 0 aromatic heterocycles. The zero-order valence-corrected chi connectivity index (χ0v) is 16.2. The highest BCUT2D eigenvalue weighted by Gasteiger charge is 2.28. The van der Waals surface area contributed by atoms with E-state index >= 15 is 0 Å². The molecule has 0 bridgehead atoms. The molecular weight excluding hydrogens is 358 g/mol. The van der Waals surface area contributed by atoms with Gasteiger partial charge in [-0.25, -0.2) is 4.99 Å². The third kappa shape index (κ3) is 3.81. The molecule has 0 saturated carbocycles. The number of rotatable bonds is 5. The maximum absolute atomic E-state index is 12.5. The first kappa shape index (κ1) is 18.3. The highest BCUT2D eigenvalue weighted by molar-refractivity contribution is 6.03. The molecule has 148 valence electrons. The molecule has 1 aromatic rings. The monoisotopic (exact) mass is 383 g/mol. The summed E-state index contributed by atoms with van der Waals surface area (Å²) in [5.74, 6) is 3.31. The van der Waals surface area contributed by atoms with E-state index in [1.165, 1.54) is 0 Å². The van der Waals surface area contributed by atoms with Crippen LogP contribution in [0.15, 0.2) is 46.1 Å². The molecule has 1 aromatic carbocycles. The van der Waals surface area contributed by atoms with Crippen molar-refractivity contribution in [2.45, 2.75) is 13.0 Å². The predicted octanol–water partition coefficient (Wildman–Crippen LogP) is 1.20. The fraction of sp³-hybridized carbons (Fsp3) is 0.450. The number of benzene rings is 1. The van der Waals surface area contributed by atoms with E-state index in [2.05, 4.69) is 26.7 Å². The van der Waals surface area contributed by atoms with Crippen molar-refractivity contribution in [2.24, 2.45) is 9.98 Å². The van der Waals surface area contributed by atoms with Gasteiger partial charge in [-0.2, -0.15) is 0 Å². The van der Waals surface area contributed by atoms with Crippen LogP contribution >= 0.6 is 0 Å². The van der Waals surface area contributed by atoms with Crippen LogP contribution in [0.5, 0.6) is 11.5 Å². The van der Waals surface area contributed by atoms with E-state index in [0.29, 0.717) is 24.9 Å². The Balaban J connectivity index is 1.26. The Morgan fingerprint density at radius 2 is 1.86 bits per heavy atom. The smallest absolute Gasteiger partial charge is 0.260 e. The van der Waals surface area contributed by atoms with Crippen LogP contribution in [0.4, 0.5) is 0 Å². The average Bonchev–Trinajstić information content (AvgIpc) is 3.12. The van der Waals surface area contributed by atoms with E-state index in [-0.39, 0.29) is 12.5 Å². The van der Waals surface area contributed by atoms with Crippen LogP contribution in [-0.2, 0) is 4.79 Å². The zero-order chi connectivity index (χ0) is 19.5. The number of piperazine rings is 1. The van der Waals surface area contributed by atoms with Crippen molar-refractivity contribution in [3.63, 3.8) is 0 Å². The summed E-state index contributed by atoms with van der Waals surface area (Å²) < 4.78 is 10.7. The van der Waals surface area contributed by atoms with Gasteiger partial charge in [0.2, 0.25) is 0 Å². The van der Waals surface area contributed by atoms with Gasteiger partial charge in [-0.1, -0.05) is 0 Å². The van der Waals surface area contributed by atoms with Crippen LogP contribution in [0.25, 0.3) is 0 Å². The normalized spacial score (nSPS) is 21.2. The third-order valence-electron chi connectivity index (χ3n) is 5.21. The van der Waals surface area contributed by atoms with E-state index in [0.717, 1.165) is 37.0 Å². The number of fused-ring (bicyclic) bond motifs is 1. The lowest BCUT2D eigenvalue weighted by Crippen LogP contribution is -2.50. The Labute approximate surface area is 164 Å². The Morgan fingerprint density at radius 1 is 1.14 bits per heavy atom. The van der Waals surface area contributed by atoms with Crippen LogP contribution in [0.1, 0.15) is 6.92 Å². The fourth-order valence-electron chi connectivity index (χ4n) is 3.45. The number of methoxy groups -OCH3 is 1. The van der Waals surface area contributed by atoms with Crippen molar-refractivity contribution in [3.05, 3.63) is 36.2 Å². The number of carbonyl (C=O) groups is 1. The van der Waals surface area contributed by atoms with Gasteiger partial charge in [-0.3, -0.25) is 9.79 Å². The number of hydrogen-bond donors (Lipinski definition) is 0. The number of aliphatic imine (C=N–C) groups is 2. The van der Waals surface area contributed by atoms with Crippen LogP contribution in [0, 0.1) is 0 Å². The van der Waals surface area contributed by atoms with E-state index in [1.54, 1.807) is 19.2 Å². The number of amides is 1. The largest absolute Gasteiger partial charge is 0.497 e. The number of carbonyl (C=O) groups excluding carboxylic acids is 1. The highest BCUT2D eigenvalue weighted by atomic mass is 16.5. The lowest BCUT2D eigenvalue weighted by Gasteiger charge is -2.37. The fourth-order valence-corrected chi connectivity index (χ4v) is 3.45. The molecule has 0 unspecified atom stereocenters. The molecule has 1 saturated heterocycles. The molecule has 8 nitrogen and oxygen atoms in total. The Kier molecular flexibility index (Phi) is 5.18. The standard InChI is InChI=1S/C20H25N5O3/c1-15-12-21-19-11-18(22-14-25(15)19)23-7-9-24(10-8-23)20(26)13-28-17-5-3-16(27-2)4-6-17/h3-6,11,14-15H,7-10,12-13H2,1-2H3/t15-/m0/s1. The second kappa shape index (κ2) is 7.92. The summed E-state index contributed by atoms with van der Waals surface area (Å²) in [4.78, 5) is 27.7. The first-order valence-corrected chi connectivity index (χ1v) is 9.52. The molecule has 0 aliphatic carbocycles. The first-order valence-electron chi connectivity index (χ1n) is 9.52. The van der Waals surface area contributed by atoms with Gasteiger partial charge in [-0.15, -0.1) is 0 Å². The topological polar surface area (TPSA) is 70.0 Å². The molecule has 0 spiro atoms. The number of ether oxygens (including phenoxy) is 2. The van der Waals surface area contributed by atoms with Crippen molar-refractivity contribution in [1.29, 1.82) is 0 Å². The van der Waals surface area contributed by atoms with Gasteiger partial charge in [0.1, 0.15) is 23.2 Å². The Bertz CT molecular complexity index is 810. The summed E-state index contributed by atoms with van der Waals surface area (Å²) in [6.45, 7) is 5.80. The molecule has 0 radical (unpaired) electrons. The molecule has 8 heteroatoms. The van der Waals surface area contributed by atoms with Gasteiger partial charge in [0.05, 0.1) is 26.0 Å². The zero-order valence-electron chi connectivity index (χ0n) is 16.2. The average molecular weight is 383 g/mol. The third-order valence-corrected chi connectivity index (χ3v) is 5.21. The molecule has 0 N–H and O–H groups in total. The van der Waals surface area contributed by atoms with Crippen molar-refractivity contribution in [2.75, 3.05) is 46.4 Å². The predicted molar refractivity (Wildman–Crippen MR) is 107 cm³/mol. The van der Waals surface area contributed by atoms with Crippen LogP contribution in [-0.4, -0.2) is 85.3 Å². The second-order valence-corrected chi connectivity index (χ2v) is 7.03. The van der Waals surface area contributed by atoms with E-state index in [9.17, 15) is 4.79 Å². The van der Waals surface area contributed by atoms with Gasteiger partial charge in [-0.05, 0) is 31.2 Å². The number of hydrogen-bond acceptors (Lipinski definition) is 7. The van der Waals surface area contributed by atoms with Crippen molar-refractivity contribution < 1.29 is 14.3 Å². The minimum atomic E-state index is -0.00300. The second-order valence-electron chi connectivity index (χ2n) is 7.03. The molecule has 28 heavy (non-hydrogen) atoms. The van der Waals surface area contributed by atoms with Crippen molar-refractivity contribution in [3.8, 4) is 11.5 Å². The van der Waals surface area contributed by atoms with Gasteiger partial charge in [0.25, 0.3) is 5.91 Å². The van der Waals surface area contributed by atoms with Crippen molar-refractivity contribution in [1.82, 2.24) is 14.7 Å². The van der Waals surface area contributed by atoms with Gasteiger partial charge in [0.15, 0.2) is 6.61 Å². The van der Waals surface area contributed by atoms with Crippen LogP contribution < -0.4 is 9.47 Å². The molecule has 4 rings (SSSR count). The lowest BCUT2D eigenvalue weighted by molar-refractivity contribution is -0.134. The van der Waals surface area contributed by atoms with Gasteiger partial charge >= 0.3 is 0 Å². The van der Waals surface area contributed by atoms with Gasteiger partial charge < -0.3 is 24.2 Å². The van der Waals surface area contributed by atoms with Crippen LogP contribution in [0.3, 0.4) is 0 Å². The van der Waals surface area contributed by atoms with Crippen LogP contribution in [0.2, 0.25) is 0 Å². The van der Waals surface area contributed by atoms with Crippen molar-refractivity contribution >= 4 is 18.1 Å². The number of nitrogens with zero attached hydrogens (tertiary/aromatic N) is 5. The van der Waals surface area contributed by atoms with E-state index < -0.39 is 0 Å². The molecular formula is C20H25N5O3. The summed E-state index contributed by atoms with van der Waals surface area (Å²) in [5, 5.41) is 0. The lowest BCUT2D eigenvalue weighted by atomic mass is 10.2. The molecule has 3 aliphatic rings. The van der Waals surface area contributed by atoms with Gasteiger partial charge in [0, 0.05) is 32.3 Å². The molecule has 1 fully saturated rings. The first-order chi connectivity index (χ1) is 13.6. The molecule has 1 atom stereocenters. The molecule has 3 aliphatic heterocycles. The quantitative estimate of drug-likeness (QED) is 0.764. The Hall–Kier alpha value is -3.03. The Morgan fingerprint density at radius 3 is 2.57 bits per heavy atom. The summed E-state index contributed by atoms with van der Waals surface area (Å²) in [5.41, 5.74) is 0. The summed E-state index contributed by atoms with van der Waals surface area (Å²) in [7, 11) is 1.62. The van der Waals surface area contributed by atoms with E-state index in [4.69, 9.17) is 9.47 Å². The summed E-state index contributed by atoms with van der Waals surface area (Å²) >= 11 is 0. The SMILES string of the molecule is COc1ccc(OCC(=O)N2CCN(C3=CC4=NC[C@H](C)N4C=N3)CC2)cc1. The maximum atomic E-state index is 12.5. The molecule has 3 heterocycles. The summed E-state index contributed by atoms with van der Waals surface area (Å²) in [6.07, 6.45) is 3.90. The molecule has 1 amide bonds. The highest BCUT2D eigenvalue weighted by Crippen LogP contribution is 2.20. The van der Waals surface area contributed by atoms with E-state index in [1.807, 2.05) is 29.4 Å². The summed E-state index contributed by atoms with van der Waals surface area (Å²) in [6, 6.07) is 7.60. The number of amidine groups is 1. The minimum Gasteiger partial charge on any atom is -0.497 e.